The van der Waals surface area contributed by atoms with Crippen molar-refractivity contribution < 1.29 is 19.8 Å². The Kier molecular flexibility index (Phi) is 6.53. The van der Waals surface area contributed by atoms with Gasteiger partial charge < -0.3 is 10.2 Å². The molecule has 19 heavy (non-hydrogen) atoms. The topological polar surface area (TPSA) is 74.6 Å². The standard InChI is InChI=1S/C15H28O4/c1-6-14(2,3)9-7-8-10-15(4,5)11(12(16)17)13(18)19/h11H,6-10H2,1-5H3,(H,16,17)(H,18,19). The first-order valence-corrected chi connectivity index (χ1v) is 6.99. The minimum Gasteiger partial charge on any atom is -0.481 e. The van der Waals surface area contributed by atoms with Crippen LogP contribution in [-0.2, 0) is 9.59 Å². The third kappa shape index (κ3) is 6.08. The minimum atomic E-state index is -1.33. The van der Waals surface area contributed by atoms with Crippen LogP contribution in [-0.4, -0.2) is 22.2 Å². The summed E-state index contributed by atoms with van der Waals surface area (Å²) in [7, 11) is 0. The molecule has 0 rings (SSSR count). The van der Waals surface area contributed by atoms with Gasteiger partial charge in [0, 0.05) is 0 Å². The number of carboxylic acid groups (broad SMARTS) is 2. The van der Waals surface area contributed by atoms with Gasteiger partial charge in [0.25, 0.3) is 0 Å². The maximum Gasteiger partial charge on any atom is 0.318 e. The maximum absolute atomic E-state index is 11.0. The minimum absolute atomic E-state index is 0.309. The van der Waals surface area contributed by atoms with Gasteiger partial charge >= 0.3 is 11.9 Å². The van der Waals surface area contributed by atoms with Gasteiger partial charge in [0.1, 0.15) is 0 Å². The molecule has 4 heteroatoms. The van der Waals surface area contributed by atoms with Crippen LogP contribution in [0.4, 0.5) is 0 Å². The summed E-state index contributed by atoms with van der Waals surface area (Å²) in [6.45, 7) is 10.1. The molecule has 0 atom stereocenters. The second-order valence-corrected chi connectivity index (χ2v) is 6.82. The largest absolute Gasteiger partial charge is 0.481 e. The van der Waals surface area contributed by atoms with E-state index in [0.29, 0.717) is 11.8 Å². The van der Waals surface area contributed by atoms with E-state index in [1.165, 1.54) is 0 Å². The van der Waals surface area contributed by atoms with Gasteiger partial charge in [-0.3, -0.25) is 9.59 Å². The molecule has 0 unspecified atom stereocenters. The Hall–Kier alpha value is -1.06. The molecule has 0 saturated heterocycles. The molecule has 2 N–H and O–H groups in total. The second-order valence-electron chi connectivity index (χ2n) is 6.82. The van der Waals surface area contributed by atoms with Crippen LogP contribution in [0.2, 0.25) is 0 Å². The average molecular weight is 272 g/mol. The Labute approximate surface area is 116 Å². The highest BCUT2D eigenvalue weighted by Gasteiger charge is 2.40. The lowest BCUT2D eigenvalue weighted by Crippen LogP contribution is -2.37. The smallest absolute Gasteiger partial charge is 0.318 e. The molecule has 0 saturated carbocycles. The van der Waals surface area contributed by atoms with E-state index in [4.69, 9.17) is 10.2 Å². The van der Waals surface area contributed by atoms with Crippen LogP contribution >= 0.6 is 0 Å². The van der Waals surface area contributed by atoms with Crippen LogP contribution in [0.25, 0.3) is 0 Å². The summed E-state index contributed by atoms with van der Waals surface area (Å²) in [4.78, 5) is 22.1. The van der Waals surface area contributed by atoms with Gasteiger partial charge in [0.2, 0.25) is 0 Å². The lowest BCUT2D eigenvalue weighted by atomic mass is 9.74. The van der Waals surface area contributed by atoms with Gasteiger partial charge in [0.05, 0.1) is 0 Å². The molecule has 0 radical (unpaired) electrons. The third-order valence-corrected chi connectivity index (χ3v) is 4.16. The molecular weight excluding hydrogens is 244 g/mol. The second kappa shape index (κ2) is 6.92. The molecule has 0 aromatic heterocycles. The summed E-state index contributed by atoms with van der Waals surface area (Å²) in [6.07, 6.45) is 4.70. The highest BCUT2D eigenvalue weighted by Crippen LogP contribution is 2.35. The molecule has 0 aromatic carbocycles. The highest BCUT2D eigenvalue weighted by molar-refractivity contribution is 5.93. The quantitative estimate of drug-likeness (QED) is 0.494. The van der Waals surface area contributed by atoms with Crippen LogP contribution in [0, 0.1) is 16.7 Å². The summed E-state index contributed by atoms with van der Waals surface area (Å²) in [6, 6.07) is 0. The van der Waals surface area contributed by atoms with E-state index in [1.807, 2.05) is 0 Å². The van der Waals surface area contributed by atoms with Crippen molar-refractivity contribution in [3.05, 3.63) is 0 Å². The Morgan fingerprint density at radius 3 is 1.74 bits per heavy atom. The summed E-state index contributed by atoms with van der Waals surface area (Å²) in [5, 5.41) is 18.0. The van der Waals surface area contributed by atoms with E-state index in [2.05, 4.69) is 20.8 Å². The van der Waals surface area contributed by atoms with Crippen molar-refractivity contribution in [2.75, 3.05) is 0 Å². The first-order chi connectivity index (χ1) is 8.53. The lowest BCUT2D eigenvalue weighted by molar-refractivity contribution is -0.160. The SMILES string of the molecule is CCC(C)(C)CCCCC(C)(C)C(C(=O)O)C(=O)O. The molecule has 0 aliphatic carbocycles. The predicted octanol–water partition coefficient (Wildman–Crippen LogP) is 3.79. The molecule has 0 amide bonds. The Morgan fingerprint density at radius 1 is 0.947 bits per heavy atom. The predicted molar refractivity (Wildman–Crippen MR) is 75.1 cm³/mol. The van der Waals surface area contributed by atoms with Crippen molar-refractivity contribution in [3.63, 3.8) is 0 Å². The molecule has 0 heterocycles. The van der Waals surface area contributed by atoms with Crippen molar-refractivity contribution in [1.82, 2.24) is 0 Å². The van der Waals surface area contributed by atoms with Gasteiger partial charge in [-0.1, -0.05) is 53.9 Å². The van der Waals surface area contributed by atoms with Crippen LogP contribution < -0.4 is 0 Å². The zero-order valence-electron chi connectivity index (χ0n) is 12.8. The normalized spacial score (nSPS) is 12.7. The molecule has 112 valence electrons. The fourth-order valence-electron chi connectivity index (χ4n) is 2.28. The van der Waals surface area contributed by atoms with Crippen LogP contribution in [0.5, 0.6) is 0 Å². The number of hydrogen-bond acceptors (Lipinski definition) is 2. The molecule has 0 fully saturated rings. The van der Waals surface area contributed by atoms with E-state index >= 15 is 0 Å². The number of carbonyl (C=O) groups is 2. The molecule has 0 aromatic rings. The van der Waals surface area contributed by atoms with Crippen molar-refractivity contribution in [2.45, 2.75) is 66.7 Å². The van der Waals surface area contributed by atoms with Crippen LogP contribution in [0.3, 0.4) is 0 Å². The van der Waals surface area contributed by atoms with Crippen LogP contribution in [0.15, 0.2) is 0 Å². The average Bonchev–Trinajstić information content (AvgIpc) is 2.23. The highest BCUT2D eigenvalue weighted by atomic mass is 16.4. The van der Waals surface area contributed by atoms with Gasteiger partial charge in [-0.05, 0) is 23.7 Å². The summed E-state index contributed by atoms with van der Waals surface area (Å²) < 4.78 is 0. The summed E-state index contributed by atoms with van der Waals surface area (Å²) in [5.74, 6) is -3.82. The zero-order valence-corrected chi connectivity index (χ0v) is 12.8. The molecular formula is C15H28O4. The van der Waals surface area contributed by atoms with E-state index in [9.17, 15) is 9.59 Å². The first-order valence-electron chi connectivity index (χ1n) is 6.99. The zero-order chi connectivity index (χ0) is 15.3. The van der Waals surface area contributed by atoms with Crippen molar-refractivity contribution in [3.8, 4) is 0 Å². The maximum atomic E-state index is 11.0. The number of rotatable bonds is 9. The fraction of sp³-hybridized carbons (Fsp3) is 0.867. The van der Waals surface area contributed by atoms with E-state index in [1.54, 1.807) is 13.8 Å². The van der Waals surface area contributed by atoms with Gasteiger partial charge in [-0.25, -0.2) is 0 Å². The van der Waals surface area contributed by atoms with E-state index < -0.39 is 23.3 Å². The van der Waals surface area contributed by atoms with Gasteiger partial charge in [0.15, 0.2) is 5.92 Å². The molecule has 0 aliphatic heterocycles. The first kappa shape index (κ1) is 17.9. The number of hydrogen-bond donors (Lipinski definition) is 2. The number of carboxylic acids is 2. The molecule has 4 nitrogen and oxygen atoms in total. The summed E-state index contributed by atoms with van der Waals surface area (Å²) in [5.41, 5.74) is -0.406. The molecule has 0 spiro atoms. The Morgan fingerprint density at radius 2 is 1.37 bits per heavy atom. The van der Waals surface area contributed by atoms with Crippen molar-refractivity contribution in [2.24, 2.45) is 16.7 Å². The summed E-state index contributed by atoms with van der Waals surface area (Å²) >= 11 is 0. The third-order valence-electron chi connectivity index (χ3n) is 4.16. The van der Waals surface area contributed by atoms with Crippen molar-refractivity contribution >= 4 is 11.9 Å². The Bertz CT molecular complexity index is 304. The van der Waals surface area contributed by atoms with E-state index in [-0.39, 0.29) is 0 Å². The van der Waals surface area contributed by atoms with Gasteiger partial charge in [-0.15, -0.1) is 0 Å². The van der Waals surface area contributed by atoms with Crippen LogP contribution in [0.1, 0.15) is 66.7 Å². The van der Waals surface area contributed by atoms with E-state index in [0.717, 1.165) is 25.7 Å². The number of aliphatic carboxylic acids is 2. The number of unbranched alkanes of at least 4 members (excludes halogenated alkanes) is 1. The van der Waals surface area contributed by atoms with Crippen molar-refractivity contribution in [1.29, 1.82) is 0 Å². The molecule has 0 aliphatic rings. The molecule has 0 bridgehead atoms. The Balaban J connectivity index is 4.38. The lowest BCUT2D eigenvalue weighted by Gasteiger charge is -2.29. The monoisotopic (exact) mass is 272 g/mol. The fourth-order valence-corrected chi connectivity index (χ4v) is 2.28. The van der Waals surface area contributed by atoms with Gasteiger partial charge in [-0.2, -0.15) is 0 Å².